The molecule has 44 valence electrons. The second-order valence-corrected chi connectivity index (χ2v) is 1.93. The monoisotopic (exact) mass is 139 g/mol. The number of thiol groups is 1. The third-order valence-corrected chi connectivity index (χ3v) is 1.32. The second-order valence-electron chi connectivity index (χ2n) is 1.93. The standard InChI is InChI=1S/C6H11.Na.H2S/c1-2-4-6-5-3-1;;/h1H,2-6H2;;1H2/q-1;+1;/p-1. The summed E-state index contributed by atoms with van der Waals surface area (Å²) in [7, 11) is 0. The van der Waals surface area contributed by atoms with E-state index in [-0.39, 0.29) is 43.1 Å². The van der Waals surface area contributed by atoms with E-state index in [1.807, 2.05) is 0 Å². The van der Waals surface area contributed by atoms with Crippen molar-refractivity contribution in [3.63, 3.8) is 0 Å². The van der Waals surface area contributed by atoms with Gasteiger partial charge in [-0.2, -0.15) is 12.8 Å². The van der Waals surface area contributed by atoms with Crippen molar-refractivity contribution in [3.8, 4) is 0 Å². The van der Waals surface area contributed by atoms with Crippen molar-refractivity contribution < 1.29 is 29.6 Å². The van der Waals surface area contributed by atoms with Crippen LogP contribution in [-0.2, 0) is 13.5 Å². The Morgan fingerprint density at radius 3 is 1.50 bits per heavy atom. The van der Waals surface area contributed by atoms with Crippen molar-refractivity contribution in [1.82, 2.24) is 0 Å². The molecule has 1 aliphatic rings. The van der Waals surface area contributed by atoms with E-state index >= 15 is 0 Å². The van der Waals surface area contributed by atoms with Crippen LogP contribution in [0.2, 0.25) is 0 Å². The molecule has 2 heteroatoms. The van der Waals surface area contributed by atoms with Crippen LogP contribution in [0.25, 0.3) is 0 Å². The van der Waals surface area contributed by atoms with E-state index in [0.717, 1.165) is 0 Å². The van der Waals surface area contributed by atoms with Gasteiger partial charge in [-0.15, -0.1) is 0 Å². The summed E-state index contributed by atoms with van der Waals surface area (Å²) in [6, 6.07) is 0. The molecule has 0 aliphatic heterocycles. The van der Waals surface area contributed by atoms with E-state index < -0.39 is 0 Å². The van der Waals surface area contributed by atoms with Crippen LogP contribution >= 0.6 is 0 Å². The van der Waals surface area contributed by atoms with Crippen LogP contribution in [-0.4, -0.2) is 0 Å². The molecular formula is C6H12NaS-. The zero-order chi connectivity index (χ0) is 4.24. The van der Waals surface area contributed by atoms with Gasteiger partial charge in [0.1, 0.15) is 0 Å². The van der Waals surface area contributed by atoms with E-state index in [4.69, 9.17) is 0 Å². The quantitative estimate of drug-likeness (QED) is 0.177. The zero-order valence-corrected chi connectivity index (χ0v) is 8.45. The molecular weight excluding hydrogens is 127 g/mol. The van der Waals surface area contributed by atoms with Gasteiger partial charge in [0.15, 0.2) is 0 Å². The van der Waals surface area contributed by atoms with Crippen LogP contribution in [0, 0.1) is 6.42 Å². The molecule has 1 fully saturated rings. The van der Waals surface area contributed by atoms with Crippen molar-refractivity contribution in [3.05, 3.63) is 6.42 Å². The largest absolute Gasteiger partial charge is 1.00 e. The van der Waals surface area contributed by atoms with Gasteiger partial charge in [0.25, 0.3) is 0 Å². The van der Waals surface area contributed by atoms with Gasteiger partial charge in [-0.05, 0) is 0 Å². The Labute approximate surface area is 81.2 Å². The minimum Gasteiger partial charge on any atom is -0.813 e. The van der Waals surface area contributed by atoms with Crippen molar-refractivity contribution in [2.45, 2.75) is 32.1 Å². The van der Waals surface area contributed by atoms with Gasteiger partial charge in [-0.25, -0.2) is 0 Å². The van der Waals surface area contributed by atoms with E-state index in [9.17, 15) is 0 Å². The summed E-state index contributed by atoms with van der Waals surface area (Å²) in [4.78, 5) is 0. The summed E-state index contributed by atoms with van der Waals surface area (Å²) < 4.78 is 0. The Hall–Kier alpha value is 1.35. The van der Waals surface area contributed by atoms with Crippen LogP contribution < -0.4 is 29.6 Å². The van der Waals surface area contributed by atoms with E-state index in [0.29, 0.717) is 0 Å². The SMILES string of the molecule is [CH-]1CCCCC1.[Na+].[SH-]. The number of rotatable bonds is 0. The molecule has 0 amide bonds. The maximum atomic E-state index is 2.39. The van der Waals surface area contributed by atoms with Gasteiger partial charge in [0.05, 0.1) is 0 Å². The average molecular weight is 139 g/mol. The minimum absolute atomic E-state index is 0. The maximum Gasteiger partial charge on any atom is 1.00 e. The zero-order valence-electron chi connectivity index (χ0n) is 5.56. The average Bonchev–Trinajstić information content (AvgIpc) is 1.72. The fourth-order valence-corrected chi connectivity index (χ4v) is 0.898. The summed E-state index contributed by atoms with van der Waals surface area (Å²) in [6.07, 6.45) is 9.50. The molecule has 0 spiro atoms. The molecule has 0 atom stereocenters. The van der Waals surface area contributed by atoms with Gasteiger partial charge >= 0.3 is 29.6 Å². The van der Waals surface area contributed by atoms with Crippen LogP contribution in [0.1, 0.15) is 32.1 Å². The Bertz CT molecular complexity index is 24.0. The van der Waals surface area contributed by atoms with Gasteiger partial charge in [0.2, 0.25) is 0 Å². The Balaban J connectivity index is 0. The predicted octanol–water partition coefficient (Wildman–Crippen LogP) is -1.11. The van der Waals surface area contributed by atoms with Crippen molar-refractivity contribution in [2.75, 3.05) is 0 Å². The molecule has 0 aromatic heterocycles. The summed E-state index contributed by atoms with van der Waals surface area (Å²) in [5, 5.41) is 0. The Kier molecular flexibility index (Phi) is 12.6. The van der Waals surface area contributed by atoms with Gasteiger partial charge in [0, 0.05) is 0 Å². The molecule has 0 radical (unpaired) electrons. The third kappa shape index (κ3) is 5.49. The van der Waals surface area contributed by atoms with Crippen molar-refractivity contribution in [1.29, 1.82) is 0 Å². The summed E-state index contributed by atoms with van der Waals surface area (Å²) in [5.41, 5.74) is 0. The first-order chi connectivity index (χ1) is 3.00. The molecule has 0 heterocycles. The fraction of sp³-hybridized carbons (Fsp3) is 0.833. The Morgan fingerprint density at radius 1 is 0.875 bits per heavy atom. The first kappa shape index (κ1) is 12.1. The second kappa shape index (κ2) is 8.35. The molecule has 0 aromatic rings. The molecule has 0 N–H and O–H groups in total. The van der Waals surface area contributed by atoms with E-state index in [2.05, 4.69) is 6.42 Å². The van der Waals surface area contributed by atoms with Crippen molar-refractivity contribution >= 4 is 13.5 Å². The summed E-state index contributed by atoms with van der Waals surface area (Å²) in [6.45, 7) is 0. The Morgan fingerprint density at radius 2 is 1.38 bits per heavy atom. The number of hydrogen-bond acceptors (Lipinski definition) is 1. The molecule has 8 heavy (non-hydrogen) atoms. The molecule has 0 unspecified atom stereocenters. The predicted molar refractivity (Wildman–Crippen MR) is 36.1 cm³/mol. The maximum absolute atomic E-state index is 2.39. The molecule has 1 saturated carbocycles. The first-order valence-corrected chi connectivity index (χ1v) is 2.82. The van der Waals surface area contributed by atoms with E-state index in [1.165, 1.54) is 32.1 Å². The van der Waals surface area contributed by atoms with Gasteiger partial charge in [-0.3, -0.25) is 0 Å². The van der Waals surface area contributed by atoms with Gasteiger partial charge < -0.3 is 19.9 Å². The molecule has 0 aromatic carbocycles. The molecule has 0 nitrogen and oxygen atoms in total. The third-order valence-electron chi connectivity index (χ3n) is 1.32. The normalized spacial score (nSPS) is 18.0. The first-order valence-electron chi connectivity index (χ1n) is 2.82. The topological polar surface area (TPSA) is 0 Å². The van der Waals surface area contributed by atoms with Crippen LogP contribution in [0.15, 0.2) is 0 Å². The molecule has 0 saturated heterocycles. The van der Waals surface area contributed by atoms with Gasteiger partial charge in [-0.1, -0.05) is 19.3 Å². The molecule has 1 aliphatic carbocycles. The van der Waals surface area contributed by atoms with E-state index in [1.54, 1.807) is 0 Å². The summed E-state index contributed by atoms with van der Waals surface area (Å²) >= 11 is 0. The minimum atomic E-state index is 0. The summed E-state index contributed by atoms with van der Waals surface area (Å²) in [5.74, 6) is 0. The van der Waals surface area contributed by atoms with Crippen LogP contribution in [0.5, 0.6) is 0 Å². The smallest absolute Gasteiger partial charge is 0.813 e. The molecule has 1 rings (SSSR count). The fourth-order valence-electron chi connectivity index (χ4n) is 0.898. The van der Waals surface area contributed by atoms with Crippen LogP contribution in [0.3, 0.4) is 0 Å². The van der Waals surface area contributed by atoms with Crippen molar-refractivity contribution in [2.24, 2.45) is 0 Å². The molecule has 0 bridgehead atoms. The van der Waals surface area contributed by atoms with Crippen LogP contribution in [0.4, 0.5) is 0 Å². The number of hydrogen-bond donors (Lipinski definition) is 0.